The van der Waals surface area contributed by atoms with Crippen LogP contribution in [0.5, 0.6) is 0 Å². The summed E-state index contributed by atoms with van der Waals surface area (Å²) in [6.45, 7) is 0.533. The second kappa shape index (κ2) is 4.97. The van der Waals surface area contributed by atoms with Crippen molar-refractivity contribution in [2.24, 2.45) is 0 Å². The van der Waals surface area contributed by atoms with E-state index in [2.05, 4.69) is 4.98 Å². The van der Waals surface area contributed by atoms with Gasteiger partial charge in [0.05, 0.1) is 6.20 Å². The number of rotatable bonds is 3. The summed E-state index contributed by atoms with van der Waals surface area (Å²) in [7, 11) is 1.73. The van der Waals surface area contributed by atoms with E-state index >= 15 is 0 Å². The van der Waals surface area contributed by atoms with Crippen LogP contribution in [0.3, 0.4) is 0 Å². The van der Waals surface area contributed by atoms with Crippen molar-refractivity contribution in [2.45, 2.75) is 12.7 Å². The molecule has 0 fully saturated rings. The molecular weight excluding hydrogens is 261 g/mol. The highest BCUT2D eigenvalue weighted by atomic mass is 32.1. The molecule has 2 nitrogen and oxygen atoms in total. The summed E-state index contributed by atoms with van der Waals surface area (Å²) < 4.78 is 37.3. The van der Waals surface area contributed by atoms with Crippen molar-refractivity contribution < 1.29 is 13.2 Å². The zero-order chi connectivity index (χ0) is 13.2. The Morgan fingerprint density at radius 1 is 1.22 bits per heavy atom. The maximum atomic E-state index is 12.4. The molecule has 0 atom stereocenters. The Labute approximate surface area is 107 Å². The van der Waals surface area contributed by atoms with Gasteiger partial charge in [0.1, 0.15) is 4.88 Å². The lowest BCUT2D eigenvalue weighted by Crippen LogP contribution is -2.15. The van der Waals surface area contributed by atoms with Gasteiger partial charge in [-0.05, 0) is 5.56 Å². The Bertz CT molecular complexity index is 508. The molecule has 18 heavy (non-hydrogen) atoms. The lowest BCUT2D eigenvalue weighted by Gasteiger charge is -2.15. The lowest BCUT2D eigenvalue weighted by atomic mass is 10.2. The van der Waals surface area contributed by atoms with E-state index in [1.165, 1.54) is 0 Å². The average molecular weight is 272 g/mol. The van der Waals surface area contributed by atoms with E-state index in [1.807, 2.05) is 30.3 Å². The fourth-order valence-electron chi connectivity index (χ4n) is 1.50. The van der Waals surface area contributed by atoms with Crippen molar-refractivity contribution in [2.75, 3.05) is 11.9 Å². The van der Waals surface area contributed by atoms with Crippen LogP contribution in [0.2, 0.25) is 0 Å². The minimum Gasteiger partial charge on any atom is -0.347 e. The summed E-state index contributed by atoms with van der Waals surface area (Å²) in [5.41, 5.74) is 1.03. The average Bonchev–Trinajstić information content (AvgIpc) is 2.79. The second-order valence-electron chi connectivity index (χ2n) is 3.85. The van der Waals surface area contributed by atoms with Crippen LogP contribution in [0.15, 0.2) is 36.5 Å². The van der Waals surface area contributed by atoms with Crippen molar-refractivity contribution in [3.05, 3.63) is 47.0 Å². The molecule has 2 aromatic rings. The topological polar surface area (TPSA) is 16.1 Å². The van der Waals surface area contributed by atoms with Crippen LogP contribution in [0.25, 0.3) is 0 Å². The first-order valence-electron chi connectivity index (χ1n) is 5.25. The molecule has 0 spiro atoms. The number of aromatic nitrogens is 1. The van der Waals surface area contributed by atoms with E-state index in [0.717, 1.165) is 11.8 Å². The normalized spacial score (nSPS) is 11.6. The predicted octanol–water partition coefficient (Wildman–Crippen LogP) is 3.80. The molecule has 0 aliphatic heterocycles. The largest absolute Gasteiger partial charge is 0.427 e. The summed E-state index contributed by atoms with van der Waals surface area (Å²) in [6.07, 6.45) is -3.44. The van der Waals surface area contributed by atoms with Crippen molar-refractivity contribution >= 4 is 16.5 Å². The maximum absolute atomic E-state index is 12.4. The van der Waals surface area contributed by atoms with Crippen LogP contribution in [-0.2, 0) is 12.7 Å². The van der Waals surface area contributed by atoms with E-state index in [9.17, 15) is 13.2 Å². The summed E-state index contributed by atoms with van der Waals surface area (Å²) in [5, 5.41) is 0.367. The number of nitrogens with zero attached hydrogens (tertiary/aromatic N) is 2. The number of halogens is 3. The second-order valence-corrected chi connectivity index (χ2v) is 4.86. The Morgan fingerprint density at radius 2 is 1.89 bits per heavy atom. The third-order valence-electron chi connectivity index (χ3n) is 2.36. The number of anilines is 1. The molecule has 96 valence electrons. The SMILES string of the molecule is CN(Cc1ccccc1)c1ncc(C(F)(F)F)s1. The minimum atomic E-state index is -4.32. The molecule has 2 rings (SSSR count). The van der Waals surface area contributed by atoms with Crippen LogP contribution >= 0.6 is 11.3 Å². The fourth-order valence-corrected chi connectivity index (χ4v) is 2.24. The summed E-state index contributed by atoms with van der Waals surface area (Å²) in [4.78, 5) is 4.84. The molecule has 0 saturated carbocycles. The lowest BCUT2D eigenvalue weighted by molar-refractivity contribution is -0.134. The molecule has 6 heteroatoms. The van der Waals surface area contributed by atoms with Gasteiger partial charge in [-0.2, -0.15) is 13.2 Å². The first-order valence-corrected chi connectivity index (χ1v) is 6.06. The highest BCUT2D eigenvalue weighted by Crippen LogP contribution is 2.36. The smallest absolute Gasteiger partial charge is 0.347 e. The number of alkyl halides is 3. The molecule has 0 unspecified atom stereocenters. The van der Waals surface area contributed by atoms with Gasteiger partial charge >= 0.3 is 6.18 Å². The molecule has 0 aliphatic rings. The molecular formula is C12H11F3N2S. The molecule has 0 bridgehead atoms. The molecule has 0 amide bonds. The third kappa shape index (κ3) is 3.01. The zero-order valence-corrected chi connectivity index (χ0v) is 10.4. The quantitative estimate of drug-likeness (QED) is 0.845. The van der Waals surface area contributed by atoms with Gasteiger partial charge < -0.3 is 4.90 Å². The van der Waals surface area contributed by atoms with E-state index in [0.29, 0.717) is 23.0 Å². The van der Waals surface area contributed by atoms with Crippen LogP contribution < -0.4 is 4.90 Å². The fraction of sp³-hybridized carbons (Fsp3) is 0.250. The van der Waals surface area contributed by atoms with Gasteiger partial charge in [0.15, 0.2) is 5.13 Å². The first-order chi connectivity index (χ1) is 8.47. The van der Waals surface area contributed by atoms with Gasteiger partial charge in [-0.1, -0.05) is 41.7 Å². The van der Waals surface area contributed by atoms with Crippen LogP contribution in [-0.4, -0.2) is 12.0 Å². The van der Waals surface area contributed by atoms with Gasteiger partial charge in [-0.3, -0.25) is 0 Å². The Balaban J connectivity index is 2.10. The standard InChI is InChI=1S/C12H11F3N2S/c1-17(8-9-5-3-2-4-6-9)11-16-7-10(18-11)12(13,14)15/h2-7H,8H2,1H3. The van der Waals surface area contributed by atoms with E-state index < -0.39 is 11.1 Å². The molecule has 0 radical (unpaired) electrons. The van der Waals surface area contributed by atoms with Gasteiger partial charge in [0, 0.05) is 13.6 Å². The zero-order valence-electron chi connectivity index (χ0n) is 9.61. The first kappa shape index (κ1) is 12.9. The minimum absolute atomic E-state index is 0.367. The highest BCUT2D eigenvalue weighted by Gasteiger charge is 2.33. The molecule has 1 aromatic carbocycles. The summed E-state index contributed by atoms with van der Waals surface area (Å²) >= 11 is 0.657. The van der Waals surface area contributed by atoms with Gasteiger partial charge in [-0.15, -0.1) is 0 Å². The van der Waals surface area contributed by atoms with E-state index in [1.54, 1.807) is 11.9 Å². The van der Waals surface area contributed by atoms with Crippen LogP contribution in [0.1, 0.15) is 10.4 Å². The van der Waals surface area contributed by atoms with Crippen molar-refractivity contribution in [1.29, 1.82) is 0 Å². The van der Waals surface area contributed by atoms with Gasteiger partial charge in [0.25, 0.3) is 0 Å². The number of hydrogen-bond donors (Lipinski definition) is 0. The third-order valence-corrected chi connectivity index (χ3v) is 3.52. The predicted molar refractivity (Wildman–Crippen MR) is 65.7 cm³/mol. The van der Waals surface area contributed by atoms with Crippen molar-refractivity contribution in [1.82, 2.24) is 4.98 Å². The Hall–Kier alpha value is -1.56. The number of benzene rings is 1. The van der Waals surface area contributed by atoms with E-state index in [-0.39, 0.29) is 0 Å². The highest BCUT2D eigenvalue weighted by molar-refractivity contribution is 7.15. The number of thiazole rings is 1. The van der Waals surface area contributed by atoms with E-state index in [4.69, 9.17) is 0 Å². The number of hydrogen-bond acceptors (Lipinski definition) is 3. The van der Waals surface area contributed by atoms with Crippen molar-refractivity contribution in [3.8, 4) is 0 Å². The van der Waals surface area contributed by atoms with Crippen LogP contribution in [0, 0.1) is 0 Å². The summed E-state index contributed by atoms with van der Waals surface area (Å²) in [6, 6.07) is 9.54. The molecule has 0 aliphatic carbocycles. The Kier molecular flexibility index (Phi) is 3.56. The molecule has 0 saturated heterocycles. The monoisotopic (exact) mass is 272 g/mol. The molecule has 1 aromatic heterocycles. The van der Waals surface area contributed by atoms with Crippen molar-refractivity contribution in [3.63, 3.8) is 0 Å². The summed E-state index contributed by atoms with van der Waals surface area (Å²) in [5.74, 6) is 0. The maximum Gasteiger partial charge on any atom is 0.427 e. The molecule has 1 heterocycles. The molecule has 0 N–H and O–H groups in total. The van der Waals surface area contributed by atoms with Crippen LogP contribution in [0.4, 0.5) is 18.3 Å². The van der Waals surface area contributed by atoms with Gasteiger partial charge in [0.2, 0.25) is 0 Å². The Morgan fingerprint density at radius 3 is 2.44 bits per heavy atom. The van der Waals surface area contributed by atoms with Gasteiger partial charge in [-0.25, -0.2) is 4.98 Å².